The molecule has 0 aromatic carbocycles. The van der Waals surface area contributed by atoms with Crippen molar-refractivity contribution in [2.75, 3.05) is 20.3 Å². The summed E-state index contributed by atoms with van der Waals surface area (Å²) in [6, 6.07) is 2.45. The van der Waals surface area contributed by atoms with Gasteiger partial charge in [-0.05, 0) is 33.4 Å². The average Bonchev–Trinajstić information content (AvgIpc) is 2.86. The molecule has 2 atom stereocenters. The van der Waals surface area contributed by atoms with Gasteiger partial charge in [-0.3, -0.25) is 0 Å². The third kappa shape index (κ3) is 3.39. The number of thioether (sulfide) groups is 1. The van der Waals surface area contributed by atoms with E-state index < -0.39 is 0 Å². The van der Waals surface area contributed by atoms with Crippen molar-refractivity contribution in [2.24, 2.45) is 0 Å². The Kier molecular flexibility index (Phi) is 4.49. The molecule has 1 saturated heterocycles. The number of ether oxygens (including phenoxy) is 2. The van der Waals surface area contributed by atoms with Crippen LogP contribution in [0.25, 0.3) is 0 Å². The Morgan fingerprint density at radius 3 is 2.52 bits per heavy atom. The van der Waals surface area contributed by atoms with E-state index in [1.165, 1.54) is 0 Å². The Hall–Kier alpha value is -0.690. The summed E-state index contributed by atoms with van der Waals surface area (Å²) in [7, 11) is 2.02. The molecule has 21 heavy (non-hydrogen) atoms. The third-order valence-electron chi connectivity index (χ3n) is 4.20. The molecule has 1 aromatic rings. The van der Waals surface area contributed by atoms with Gasteiger partial charge in [0, 0.05) is 35.5 Å². The number of aryl methyl sites for hydroxylation is 2. The van der Waals surface area contributed by atoms with Crippen molar-refractivity contribution in [1.82, 2.24) is 15.3 Å². The van der Waals surface area contributed by atoms with Gasteiger partial charge in [-0.15, -0.1) is 0 Å². The van der Waals surface area contributed by atoms with Gasteiger partial charge in [0.2, 0.25) is 0 Å². The van der Waals surface area contributed by atoms with Crippen molar-refractivity contribution in [3.8, 4) is 0 Å². The van der Waals surface area contributed by atoms with Crippen LogP contribution in [-0.4, -0.2) is 47.3 Å². The molecule has 0 bridgehead atoms. The van der Waals surface area contributed by atoms with Gasteiger partial charge in [0.1, 0.15) is 0 Å². The fourth-order valence-corrected chi connectivity index (χ4v) is 4.64. The molecule has 1 spiro atoms. The van der Waals surface area contributed by atoms with Crippen molar-refractivity contribution in [1.29, 1.82) is 0 Å². The fourth-order valence-electron chi connectivity index (χ4n) is 3.21. The summed E-state index contributed by atoms with van der Waals surface area (Å²) >= 11 is 1.74. The van der Waals surface area contributed by atoms with E-state index in [4.69, 9.17) is 9.47 Å². The number of hydrogen-bond acceptors (Lipinski definition) is 6. The van der Waals surface area contributed by atoms with Crippen LogP contribution in [0.3, 0.4) is 0 Å². The molecule has 1 aliphatic heterocycles. The third-order valence-corrected chi connectivity index (χ3v) is 5.39. The summed E-state index contributed by atoms with van der Waals surface area (Å²) in [5, 5.41) is 4.64. The molecule has 1 saturated carbocycles. The molecule has 1 N–H and O–H groups in total. The lowest BCUT2D eigenvalue weighted by Crippen LogP contribution is -2.48. The summed E-state index contributed by atoms with van der Waals surface area (Å²) in [4.78, 5) is 9.11. The molecular weight excluding hydrogens is 286 g/mol. The summed E-state index contributed by atoms with van der Waals surface area (Å²) in [5.41, 5.74) is 2.04. The van der Waals surface area contributed by atoms with Gasteiger partial charge in [-0.2, -0.15) is 0 Å². The molecule has 1 aliphatic carbocycles. The summed E-state index contributed by atoms with van der Waals surface area (Å²) in [5.74, 6) is -0.371. The van der Waals surface area contributed by atoms with Crippen LogP contribution in [0, 0.1) is 13.8 Å². The van der Waals surface area contributed by atoms with Gasteiger partial charge in [0.25, 0.3) is 0 Å². The highest BCUT2D eigenvalue weighted by Gasteiger charge is 2.45. The van der Waals surface area contributed by atoms with Crippen molar-refractivity contribution in [2.45, 2.75) is 55.3 Å². The molecule has 2 heterocycles. The van der Waals surface area contributed by atoms with Crippen LogP contribution in [0.4, 0.5) is 0 Å². The number of aromatic nitrogens is 2. The lowest BCUT2D eigenvalue weighted by Gasteiger charge is -2.40. The van der Waals surface area contributed by atoms with E-state index in [-0.39, 0.29) is 5.79 Å². The second-order valence-electron chi connectivity index (χ2n) is 5.84. The van der Waals surface area contributed by atoms with Crippen LogP contribution in [0.15, 0.2) is 11.2 Å². The average molecular weight is 309 g/mol. The SMILES string of the molecule is CNC1CCC2(CC1Sc1nc(C)cc(C)n1)OCCO2. The lowest BCUT2D eigenvalue weighted by atomic mass is 9.89. The summed E-state index contributed by atoms with van der Waals surface area (Å²) < 4.78 is 11.8. The van der Waals surface area contributed by atoms with Crippen molar-refractivity contribution in [3.63, 3.8) is 0 Å². The molecule has 116 valence electrons. The van der Waals surface area contributed by atoms with Crippen LogP contribution in [0.1, 0.15) is 30.7 Å². The minimum Gasteiger partial charge on any atom is -0.347 e. The van der Waals surface area contributed by atoms with Crippen LogP contribution in [-0.2, 0) is 9.47 Å². The Labute approximate surface area is 130 Å². The molecular formula is C15H23N3O2S. The second-order valence-corrected chi connectivity index (χ2v) is 7.04. The highest BCUT2D eigenvalue weighted by Crippen LogP contribution is 2.41. The maximum Gasteiger partial charge on any atom is 0.188 e. The fraction of sp³-hybridized carbons (Fsp3) is 0.733. The minimum absolute atomic E-state index is 0.364. The Bertz CT molecular complexity index is 485. The number of rotatable bonds is 3. The van der Waals surface area contributed by atoms with E-state index in [9.17, 15) is 0 Å². The van der Waals surface area contributed by atoms with Crippen LogP contribution >= 0.6 is 11.8 Å². The van der Waals surface area contributed by atoms with Crippen LogP contribution in [0.5, 0.6) is 0 Å². The zero-order valence-electron chi connectivity index (χ0n) is 12.9. The number of hydrogen-bond donors (Lipinski definition) is 1. The monoisotopic (exact) mass is 309 g/mol. The van der Waals surface area contributed by atoms with E-state index >= 15 is 0 Å². The second kappa shape index (κ2) is 6.20. The molecule has 5 nitrogen and oxygen atoms in total. The van der Waals surface area contributed by atoms with E-state index in [1.54, 1.807) is 11.8 Å². The zero-order chi connectivity index (χ0) is 14.9. The standard InChI is InChI=1S/C15H23N3O2S/c1-10-8-11(2)18-14(17-10)21-13-9-15(19-6-7-20-15)5-4-12(13)16-3/h8,12-13,16H,4-7,9H2,1-3H3. The van der Waals surface area contributed by atoms with Gasteiger partial charge in [-0.1, -0.05) is 11.8 Å². The number of nitrogens with one attached hydrogen (secondary N) is 1. The molecule has 2 unspecified atom stereocenters. The predicted octanol–water partition coefficient (Wildman–Crippen LogP) is 2.07. The first kappa shape index (κ1) is 15.2. The van der Waals surface area contributed by atoms with Crippen molar-refractivity contribution in [3.05, 3.63) is 17.5 Å². The quantitative estimate of drug-likeness (QED) is 0.863. The highest BCUT2D eigenvalue weighted by molar-refractivity contribution is 7.99. The molecule has 3 rings (SSSR count). The maximum atomic E-state index is 5.89. The first-order valence-corrected chi connectivity index (χ1v) is 8.42. The maximum absolute atomic E-state index is 5.89. The summed E-state index contributed by atoms with van der Waals surface area (Å²) in [6.45, 7) is 5.45. The van der Waals surface area contributed by atoms with Crippen LogP contribution < -0.4 is 5.32 Å². The van der Waals surface area contributed by atoms with Crippen molar-refractivity contribution < 1.29 is 9.47 Å². The topological polar surface area (TPSA) is 56.3 Å². The molecule has 0 radical (unpaired) electrons. The van der Waals surface area contributed by atoms with Gasteiger partial charge >= 0.3 is 0 Å². The van der Waals surface area contributed by atoms with E-state index in [1.807, 2.05) is 27.0 Å². The first-order valence-electron chi connectivity index (χ1n) is 7.54. The van der Waals surface area contributed by atoms with Crippen LogP contribution in [0.2, 0.25) is 0 Å². The van der Waals surface area contributed by atoms with E-state index in [0.29, 0.717) is 24.5 Å². The van der Waals surface area contributed by atoms with E-state index in [0.717, 1.165) is 35.8 Å². The Morgan fingerprint density at radius 2 is 1.90 bits per heavy atom. The molecule has 2 aliphatic rings. The first-order chi connectivity index (χ1) is 10.1. The van der Waals surface area contributed by atoms with Gasteiger partial charge < -0.3 is 14.8 Å². The van der Waals surface area contributed by atoms with Gasteiger partial charge in [0.15, 0.2) is 10.9 Å². The van der Waals surface area contributed by atoms with Crippen molar-refractivity contribution >= 4 is 11.8 Å². The molecule has 2 fully saturated rings. The molecule has 1 aromatic heterocycles. The Morgan fingerprint density at radius 1 is 1.24 bits per heavy atom. The normalized spacial score (nSPS) is 28.1. The van der Waals surface area contributed by atoms with Gasteiger partial charge in [0.05, 0.1) is 13.2 Å². The van der Waals surface area contributed by atoms with E-state index in [2.05, 4.69) is 15.3 Å². The zero-order valence-corrected chi connectivity index (χ0v) is 13.7. The smallest absolute Gasteiger partial charge is 0.188 e. The largest absolute Gasteiger partial charge is 0.347 e. The molecule has 6 heteroatoms. The lowest BCUT2D eigenvalue weighted by molar-refractivity contribution is -0.177. The molecule has 0 amide bonds. The number of nitrogens with zero attached hydrogens (tertiary/aromatic N) is 2. The minimum atomic E-state index is -0.371. The van der Waals surface area contributed by atoms with Gasteiger partial charge in [-0.25, -0.2) is 9.97 Å². The predicted molar refractivity (Wildman–Crippen MR) is 82.5 cm³/mol. The Balaban J connectivity index is 1.76. The highest BCUT2D eigenvalue weighted by atomic mass is 32.2. The summed E-state index contributed by atoms with van der Waals surface area (Å²) in [6.07, 6.45) is 2.90.